The number of nitro benzene ring substituents is 1. The number of furan rings is 1. The highest BCUT2D eigenvalue weighted by Crippen LogP contribution is 2.35. The van der Waals surface area contributed by atoms with Crippen molar-refractivity contribution in [2.24, 2.45) is 0 Å². The largest absolute Gasteiger partial charge is 0.463 e. The number of hydrogen-bond donors (Lipinski definition) is 0. The highest BCUT2D eigenvalue weighted by Gasteiger charge is 2.35. The van der Waals surface area contributed by atoms with Gasteiger partial charge in [-0.25, -0.2) is 4.79 Å². The molecular formula is C26H19N3O7S. The van der Waals surface area contributed by atoms with Crippen molar-refractivity contribution in [3.05, 3.63) is 105 Å². The summed E-state index contributed by atoms with van der Waals surface area (Å²) < 4.78 is 12.2. The van der Waals surface area contributed by atoms with Crippen LogP contribution in [0.5, 0.6) is 0 Å². The predicted molar refractivity (Wildman–Crippen MR) is 136 cm³/mol. The van der Waals surface area contributed by atoms with Crippen LogP contribution in [0.1, 0.15) is 27.4 Å². The summed E-state index contributed by atoms with van der Waals surface area (Å²) in [5, 5.41) is 11.5. The Morgan fingerprint density at radius 3 is 2.70 bits per heavy atom. The first-order chi connectivity index (χ1) is 17.8. The van der Waals surface area contributed by atoms with Crippen LogP contribution in [-0.2, 0) is 22.6 Å². The summed E-state index contributed by atoms with van der Waals surface area (Å²) in [7, 11) is 1.28. The summed E-state index contributed by atoms with van der Waals surface area (Å²) in [5.41, 5.74) is 1.99. The summed E-state index contributed by atoms with van der Waals surface area (Å²) in [4.78, 5) is 49.3. The number of methoxy groups -OCH3 is 1. The maximum Gasteiger partial charge on any atom is 0.373 e. The monoisotopic (exact) mass is 517 g/mol. The number of esters is 1. The standard InChI is InChI=1S/C26H19N3O7S/c1-35-25(31)22-10-9-19(36-22)15-27-14-17(20-7-2-3-8-21(20)27)12-23-24(30)28(26(32)37-23)13-16-5-4-6-18(11-16)29(33)34/h2-12,14H,13,15H2,1H3/b23-12-. The van der Waals surface area contributed by atoms with E-state index in [4.69, 9.17) is 4.42 Å². The number of non-ortho nitro benzene ring substituents is 1. The Labute approximate surface area is 214 Å². The maximum atomic E-state index is 13.1. The molecule has 0 N–H and O–H groups in total. The molecule has 1 fully saturated rings. The lowest BCUT2D eigenvalue weighted by Crippen LogP contribution is -2.27. The number of amides is 2. The van der Waals surface area contributed by atoms with E-state index >= 15 is 0 Å². The molecular weight excluding hydrogens is 498 g/mol. The molecule has 2 amide bonds. The van der Waals surface area contributed by atoms with Gasteiger partial charge < -0.3 is 13.7 Å². The van der Waals surface area contributed by atoms with Crippen LogP contribution < -0.4 is 0 Å². The number of ether oxygens (including phenoxy) is 1. The van der Waals surface area contributed by atoms with Crippen molar-refractivity contribution in [2.75, 3.05) is 7.11 Å². The fourth-order valence-corrected chi connectivity index (χ4v) is 4.92. The number of nitro groups is 1. The van der Waals surface area contributed by atoms with Crippen molar-refractivity contribution >= 4 is 51.5 Å². The summed E-state index contributed by atoms with van der Waals surface area (Å²) in [6.45, 7) is 0.270. The molecule has 0 atom stereocenters. The first-order valence-electron chi connectivity index (χ1n) is 11.1. The van der Waals surface area contributed by atoms with E-state index in [9.17, 15) is 24.5 Å². The van der Waals surface area contributed by atoms with Gasteiger partial charge in [0.2, 0.25) is 5.76 Å². The van der Waals surface area contributed by atoms with Crippen LogP contribution in [0.15, 0.2) is 76.2 Å². The minimum atomic E-state index is -0.565. The molecule has 1 saturated heterocycles. The maximum absolute atomic E-state index is 13.1. The second-order valence-electron chi connectivity index (χ2n) is 8.18. The highest BCUT2D eigenvalue weighted by atomic mass is 32.2. The second-order valence-corrected chi connectivity index (χ2v) is 9.18. The molecule has 0 spiro atoms. The quantitative estimate of drug-likeness (QED) is 0.142. The number of thioether (sulfide) groups is 1. The molecule has 11 heteroatoms. The Hall–Kier alpha value is -4.64. The lowest BCUT2D eigenvalue weighted by molar-refractivity contribution is -0.384. The topological polar surface area (TPSA) is 125 Å². The van der Waals surface area contributed by atoms with Crippen molar-refractivity contribution in [1.29, 1.82) is 0 Å². The van der Waals surface area contributed by atoms with Crippen molar-refractivity contribution in [2.45, 2.75) is 13.1 Å². The van der Waals surface area contributed by atoms with Gasteiger partial charge in [-0.2, -0.15) is 0 Å². The van der Waals surface area contributed by atoms with Gasteiger partial charge in [0, 0.05) is 34.8 Å². The number of fused-ring (bicyclic) bond motifs is 1. The number of hydrogen-bond acceptors (Lipinski definition) is 8. The molecule has 2 aromatic carbocycles. The van der Waals surface area contributed by atoms with Gasteiger partial charge in [0.05, 0.1) is 30.0 Å². The lowest BCUT2D eigenvalue weighted by Gasteiger charge is -2.12. The van der Waals surface area contributed by atoms with Crippen LogP contribution in [0.25, 0.3) is 17.0 Å². The van der Waals surface area contributed by atoms with Crippen LogP contribution >= 0.6 is 11.8 Å². The molecule has 2 aromatic heterocycles. The van der Waals surface area contributed by atoms with Gasteiger partial charge in [-0.15, -0.1) is 0 Å². The third-order valence-electron chi connectivity index (χ3n) is 5.82. The fraction of sp³-hybridized carbons (Fsp3) is 0.115. The van der Waals surface area contributed by atoms with E-state index in [0.29, 0.717) is 17.9 Å². The van der Waals surface area contributed by atoms with Crippen LogP contribution in [0.3, 0.4) is 0 Å². The third kappa shape index (κ3) is 4.76. The van der Waals surface area contributed by atoms with E-state index in [2.05, 4.69) is 4.74 Å². The van der Waals surface area contributed by atoms with Gasteiger partial charge in [-0.05, 0) is 41.6 Å². The zero-order valence-corrected chi connectivity index (χ0v) is 20.3. The minimum absolute atomic E-state index is 0.0630. The van der Waals surface area contributed by atoms with Crippen molar-refractivity contribution in [3.63, 3.8) is 0 Å². The molecule has 37 heavy (non-hydrogen) atoms. The number of carbonyl (C=O) groups is 3. The molecule has 0 saturated carbocycles. The zero-order valence-electron chi connectivity index (χ0n) is 19.5. The number of carbonyl (C=O) groups excluding carboxylic acids is 3. The number of nitrogens with zero attached hydrogens (tertiary/aromatic N) is 3. The van der Waals surface area contributed by atoms with Crippen LogP contribution in [0.2, 0.25) is 0 Å². The molecule has 5 rings (SSSR count). The van der Waals surface area contributed by atoms with Gasteiger partial charge >= 0.3 is 5.97 Å². The average molecular weight is 518 g/mol. The van der Waals surface area contributed by atoms with Gasteiger partial charge in [-0.3, -0.25) is 24.6 Å². The normalized spacial score (nSPS) is 14.6. The van der Waals surface area contributed by atoms with E-state index in [1.54, 1.807) is 24.3 Å². The number of aromatic nitrogens is 1. The molecule has 4 aromatic rings. The zero-order chi connectivity index (χ0) is 26.1. The first kappa shape index (κ1) is 24.1. The minimum Gasteiger partial charge on any atom is -0.463 e. The van der Waals surface area contributed by atoms with Crippen LogP contribution in [0.4, 0.5) is 10.5 Å². The molecule has 1 aliphatic rings. The third-order valence-corrected chi connectivity index (χ3v) is 6.72. The van der Waals surface area contributed by atoms with Gasteiger partial charge in [0.1, 0.15) is 5.76 Å². The Balaban J connectivity index is 1.42. The van der Waals surface area contributed by atoms with Crippen molar-refractivity contribution in [3.8, 4) is 0 Å². The predicted octanol–water partition coefficient (Wildman–Crippen LogP) is 5.21. The Kier molecular flexibility index (Phi) is 6.36. The molecule has 1 aliphatic heterocycles. The summed E-state index contributed by atoms with van der Waals surface area (Å²) >= 11 is 0.823. The SMILES string of the molecule is COC(=O)c1ccc(Cn2cc(/C=C3\SC(=O)N(Cc4cccc([N+](=O)[O-])c4)C3=O)c3ccccc32)o1. The fourth-order valence-electron chi connectivity index (χ4n) is 4.09. The van der Waals surface area contributed by atoms with Crippen LogP contribution in [-0.4, -0.2) is 38.6 Å². The van der Waals surface area contributed by atoms with E-state index in [1.165, 1.54) is 25.3 Å². The molecule has 3 heterocycles. The van der Waals surface area contributed by atoms with Crippen molar-refractivity contribution in [1.82, 2.24) is 9.47 Å². The molecule has 0 radical (unpaired) electrons. The number of imide groups is 1. The molecule has 0 bridgehead atoms. The smallest absolute Gasteiger partial charge is 0.373 e. The number of rotatable bonds is 7. The molecule has 0 aliphatic carbocycles. The molecule has 186 valence electrons. The van der Waals surface area contributed by atoms with Crippen molar-refractivity contribution < 1.29 is 28.5 Å². The Morgan fingerprint density at radius 2 is 1.92 bits per heavy atom. The summed E-state index contributed by atoms with van der Waals surface area (Å²) in [6, 6.07) is 16.7. The van der Waals surface area contributed by atoms with E-state index < -0.39 is 22.0 Å². The number of para-hydroxylation sites is 1. The first-order valence-corrected chi connectivity index (χ1v) is 11.9. The summed E-state index contributed by atoms with van der Waals surface area (Å²) in [6.07, 6.45) is 3.51. The second kappa shape index (κ2) is 9.78. The Morgan fingerprint density at radius 1 is 1.11 bits per heavy atom. The molecule has 10 nitrogen and oxygen atoms in total. The van der Waals surface area contributed by atoms with Gasteiger partial charge in [0.25, 0.3) is 16.8 Å². The highest BCUT2D eigenvalue weighted by molar-refractivity contribution is 8.18. The molecule has 0 unspecified atom stereocenters. The Bertz CT molecular complexity index is 1600. The van der Waals surface area contributed by atoms with Gasteiger partial charge in [-0.1, -0.05) is 30.3 Å². The van der Waals surface area contributed by atoms with Crippen LogP contribution in [0, 0.1) is 10.1 Å². The van der Waals surface area contributed by atoms with E-state index in [0.717, 1.165) is 33.1 Å². The summed E-state index contributed by atoms with van der Waals surface area (Å²) in [5.74, 6) is -0.381. The van der Waals surface area contributed by atoms with E-state index in [-0.39, 0.29) is 22.9 Å². The number of benzene rings is 2. The average Bonchev–Trinajstić information content (AvgIpc) is 3.58. The van der Waals surface area contributed by atoms with E-state index in [1.807, 2.05) is 35.0 Å². The van der Waals surface area contributed by atoms with Gasteiger partial charge in [0.15, 0.2) is 0 Å². The lowest BCUT2D eigenvalue weighted by atomic mass is 10.1.